The van der Waals surface area contributed by atoms with E-state index < -0.39 is 114 Å². The summed E-state index contributed by atoms with van der Waals surface area (Å²) in [6.07, 6.45) is 4.34. The van der Waals surface area contributed by atoms with Gasteiger partial charge in [-0.1, -0.05) is 104 Å². The normalized spacial score (nSPS) is 17.6. The van der Waals surface area contributed by atoms with Crippen LogP contribution in [0, 0.1) is 48.8 Å². The van der Waals surface area contributed by atoms with Gasteiger partial charge in [-0.25, -0.2) is 35.9 Å². The number of anilines is 4. The van der Waals surface area contributed by atoms with Gasteiger partial charge in [-0.15, -0.1) is 0 Å². The molecule has 0 spiro atoms. The second kappa shape index (κ2) is 36.4. The second-order valence-corrected chi connectivity index (χ2v) is 48.9. The van der Waals surface area contributed by atoms with Crippen LogP contribution in [0.3, 0.4) is 0 Å². The summed E-state index contributed by atoms with van der Waals surface area (Å²) in [6.45, 7) is 54.7. The van der Waals surface area contributed by atoms with Gasteiger partial charge in [-0.05, 0) is 204 Å². The van der Waals surface area contributed by atoms with Crippen molar-refractivity contribution >= 4 is 96.0 Å². The van der Waals surface area contributed by atoms with Crippen molar-refractivity contribution < 1.29 is 63.7 Å². The lowest BCUT2D eigenvalue weighted by molar-refractivity contribution is 0.0116. The second-order valence-electron chi connectivity index (χ2n) is 38.3. The zero-order valence-electron chi connectivity index (χ0n) is 75.9. The fourth-order valence-electron chi connectivity index (χ4n) is 16.1. The molecule has 2 fully saturated rings. The van der Waals surface area contributed by atoms with Gasteiger partial charge in [0.2, 0.25) is 0 Å². The third-order valence-electron chi connectivity index (χ3n) is 24.1. The number of benzene rings is 4. The molecule has 4 aliphatic heterocycles. The van der Waals surface area contributed by atoms with Crippen molar-refractivity contribution in [2.75, 3.05) is 84.5 Å². The molecule has 6 atom stereocenters. The Morgan fingerprint density at radius 3 is 1.34 bits per heavy atom. The third kappa shape index (κ3) is 19.4. The van der Waals surface area contributed by atoms with Crippen molar-refractivity contribution in [2.45, 2.75) is 261 Å². The Balaban J connectivity index is 0.000000225. The molecule has 1 N–H and O–H groups in total. The Morgan fingerprint density at radius 1 is 0.529 bits per heavy atom. The number of alkyl halides is 1. The van der Waals surface area contributed by atoms with Gasteiger partial charge in [0.05, 0.1) is 93.7 Å². The van der Waals surface area contributed by atoms with Gasteiger partial charge in [-0.3, -0.25) is 28.7 Å². The van der Waals surface area contributed by atoms with Crippen LogP contribution in [0.4, 0.5) is 58.7 Å². The zero-order valence-corrected chi connectivity index (χ0v) is 80.0. The maximum absolute atomic E-state index is 17.9. The number of aromatic nitrogens is 4. The zero-order chi connectivity index (χ0) is 89.9. The minimum Gasteiger partial charge on any atom is -0.496 e. The monoisotopic (exact) mass is 1830 g/mol. The summed E-state index contributed by atoms with van der Waals surface area (Å²) in [4.78, 5) is 75.7. The quantitative estimate of drug-likeness (QED) is 0.0392. The molecule has 660 valence electrons. The first kappa shape index (κ1) is 94.8. The van der Waals surface area contributed by atoms with Gasteiger partial charge in [-0.2, -0.15) is 0 Å². The summed E-state index contributed by atoms with van der Waals surface area (Å²) in [5.74, 6) is -6.52. The number of nitrogens with zero attached hydrogens (tertiary/aromatic N) is 9. The number of hydrogen-bond acceptors (Lipinski definition) is 16. The van der Waals surface area contributed by atoms with Crippen molar-refractivity contribution in [2.24, 2.45) is 0 Å². The van der Waals surface area contributed by atoms with E-state index in [9.17, 15) is 14.4 Å². The van der Waals surface area contributed by atoms with Crippen molar-refractivity contribution in [3.05, 3.63) is 151 Å². The van der Waals surface area contributed by atoms with Crippen molar-refractivity contribution in [1.29, 1.82) is 0 Å². The van der Waals surface area contributed by atoms with Crippen LogP contribution in [0.5, 0.6) is 11.5 Å². The molecule has 2 saturated heterocycles. The summed E-state index contributed by atoms with van der Waals surface area (Å²) in [5, 5.41) is 3.81. The van der Waals surface area contributed by atoms with Crippen LogP contribution in [0.25, 0.3) is 55.4 Å². The van der Waals surface area contributed by atoms with Gasteiger partial charge in [0, 0.05) is 97.7 Å². The van der Waals surface area contributed by atoms with E-state index in [4.69, 9.17) is 27.8 Å². The van der Waals surface area contributed by atoms with Crippen LogP contribution in [-0.2, 0) is 18.3 Å². The minimum absolute atomic E-state index is 0.0224. The third-order valence-corrected chi connectivity index (χ3v) is 33.9. The predicted octanol–water partition coefficient (Wildman–Crippen LogP) is 21.7. The molecule has 8 heterocycles. The van der Waals surface area contributed by atoms with Crippen LogP contribution >= 0.6 is 22.6 Å². The summed E-state index contributed by atoms with van der Waals surface area (Å²) < 4.78 is 139. The molecule has 0 radical (unpaired) electrons. The molecule has 20 nitrogen and oxygen atoms in total. The lowest BCUT2D eigenvalue weighted by Gasteiger charge is -2.52. The number of piperazine rings is 2. The summed E-state index contributed by atoms with van der Waals surface area (Å²) >= 11 is 2.41. The van der Waals surface area contributed by atoms with E-state index in [-0.39, 0.29) is 119 Å². The SMILES string of the molecule is CC(CCI)O[Si](C)(C)C(C)(C)C.COc1cccc(F)c1-c1c(F)cc2c3c(c(=O)n(-c4c(C)ccnc4C(C)C)c2c1F)N(CCC(C)O[Si](C)(C)C(C)(C)C)C[C@H]1CN(C(=O)OC(C)(C)C)[C@H](C)CN31.COc1cccc(F)c1-c1c(F)cc2c3c(c(=O)n(-c4c(C)ccnc4C(C)C)c2c1F)NC[C@H]1CN(C(=O)OC(C)(C)C)[C@H](C)CN31. The van der Waals surface area contributed by atoms with Gasteiger partial charge in [0.1, 0.15) is 57.3 Å². The fraction of sp³-hybridized carbons (Fsp3) is 0.543. The molecule has 2 unspecified atom stereocenters. The molecular formula is C92H125F6IN10O10Si2. The van der Waals surface area contributed by atoms with Crippen LogP contribution < -0.4 is 40.6 Å². The molecule has 8 aromatic rings. The largest absolute Gasteiger partial charge is 0.496 e. The number of carbonyl (C=O) groups excluding carboxylic acids is 2. The highest BCUT2D eigenvalue weighted by Gasteiger charge is 2.48. The summed E-state index contributed by atoms with van der Waals surface area (Å²) in [5.41, 5.74) is -0.763. The van der Waals surface area contributed by atoms with Crippen LogP contribution in [0.1, 0.15) is 186 Å². The molecular weight excluding hydrogens is 1700 g/mol. The molecule has 4 aliphatic rings. The molecule has 0 aliphatic carbocycles. The Bertz CT molecular complexity index is 5330. The number of aryl methyl sites for hydroxylation is 2. The average molecular weight is 1830 g/mol. The molecule has 121 heavy (non-hydrogen) atoms. The van der Waals surface area contributed by atoms with Gasteiger partial charge >= 0.3 is 12.2 Å². The van der Waals surface area contributed by atoms with Gasteiger partial charge < -0.3 is 57.6 Å². The first-order valence-corrected chi connectivity index (χ1v) is 49.3. The van der Waals surface area contributed by atoms with E-state index in [0.717, 1.165) is 18.2 Å². The molecule has 0 saturated carbocycles. The molecule has 12 rings (SSSR count). The highest BCUT2D eigenvalue weighted by molar-refractivity contribution is 14.1. The topological polar surface area (TPSA) is 188 Å². The molecule has 29 heteroatoms. The van der Waals surface area contributed by atoms with Crippen molar-refractivity contribution in [3.63, 3.8) is 0 Å². The highest BCUT2D eigenvalue weighted by atomic mass is 127. The number of halogens is 7. The van der Waals surface area contributed by atoms with E-state index >= 15 is 31.1 Å². The van der Waals surface area contributed by atoms with E-state index in [2.05, 4.69) is 113 Å². The predicted molar refractivity (Wildman–Crippen MR) is 487 cm³/mol. The molecule has 2 amide bonds. The fourth-order valence-corrected chi connectivity index (χ4v) is 19.9. The summed E-state index contributed by atoms with van der Waals surface area (Å²) in [7, 11) is -1.07. The number of nitrogens with one attached hydrogen (secondary N) is 1. The number of rotatable bonds is 17. The Hall–Kier alpha value is -8.40. The first-order valence-electron chi connectivity index (χ1n) is 41.9. The van der Waals surface area contributed by atoms with E-state index in [0.29, 0.717) is 75.9 Å². The number of pyridine rings is 4. The van der Waals surface area contributed by atoms with Crippen LogP contribution in [0.15, 0.2) is 82.6 Å². The molecule has 4 aromatic carbocycles. The number of carbonyl (C=O) groups is 2. The van der Waals surface area contributed by atoms with Crippen molar-refractivity contribution in [3.8, 4) is 45.1 Å². The maximum Gasteiger partial charge on any atom is 0.410 e. The first-order chi connectivity index (χ1) is 56.2. The highest BCUT2D eigenvalue weighted by Crippen LogP contribution is 2.50. The lowest BCUT2D eigenvalue weighted by Crippen LogP contribution is -2.65. The Morgan fingerprint density at radius 2 is 0.934 bits per heavy atom. The van der Waals surface area contributed by atoms with E-state index in [1.54, 1.807) is 62.0 Å². The number of amides is 2. The number of methoxy groups -OCH3 is 2. The number of hydrogen-bond donors (Lipinski definition) is 1. The molecule has 4 aromatic heterocycles. The van der Waals surface area contributed by atoms with Gasteiger partial charge in [0.15, 0.2) is 28.3 Å². The smallest absolute Gasteiger partial charge is 0.410 e. The number of fused-ring (bicyclic) bond motifs is 10. The summed E-state index contributed by atoms with van der Waals surface area (Å²) in [6, 6.07) is 12.2. The Labute approximate surface area is 725 Å². The van der Waals surface area contributed by atoms with E-state index in [1.165, 1.54) is 64.5 Å². The minimum atomic E-state index is -2.16. The van der Waals surface area contributed by atoms with E-state index in [1.807, 2.05) is 90.9 Å². The maximum atomic E-state index is 17.9. The standard InChI is InChI=1S/C46H62F3N5O5Si.C36H40F3N5O4.C10H23IOSi/c1-26(2)38-39(27(3)18-20-50-38)54-40-31(22-33(48)36(37(40)49)35-32(47)16-15-17-34(35)57-12)41-42(43(54)55)51(21-19-29(5)59-60(13,14)46(9,10)11)24-30-25-52(28(4)23-53(30)41)44(56)58-45(6,7)8;1-18(2)29-31(19(3)12-13-40-29)44-32-22(14-24(38)27(28(32)39)26-23(37)10-9-11-25(26)47-8)33-30(34(44)45)41-15-21-17-42(20(4)16-43(21)33)35(46)48-36(5,6)7;1-9(7-8-11)12-13(5,6)10(2,3)4/h15-18,20,22,26,28-30H,19,21,23-25H2,1-14H3;9-14,18,20-21,41H,15-17H2,1-8H3;9H,7-8H2,1-6H3/t28-,29?,30+;20-,21+;/m11./s1. The van der Waals surface area contributed by atoms with Crippen molar-refractivity contribution in [1.82, 2.24) is 28.9 Å². The van der Waals surface area contributed by atoms with Crippen LogP contribution in [0.2, 0.25) is 36.3 Å². The number of ether oxygens (including phenoxy) is 4. The Kier molecular flexibility index (Phi) is 28.6. The van der Waals surface area contributed by atoms with Crippen LogP contribution in [-0.4, -0.2) is 170 Å². The lowest BCUT2D eigenvalue weighted by atomic mass is 9.94. The average Bonchev–Trinajstić information content (AvgIpc) is 0.707. The molecule has 0 bridgehead atoms. The van der Waals surface area contributed by atoms with Gasteiger partial charge in [0.25, 0.3) is 11.1 Å².